The number of rotatable bonds is 4. The van der Waals surface area contributed by atoms with Crippen molar-refractivity contribution in [2.45, 2.75) is 18.6 Å². The van der Waals surface area contributed by atoms with Crippen molar-refractivity contribution in [3.8, 4) is 0 Å². The van der Waals surface area contributed by atoms with Crippen molar-refractivity contribution in [2.75, 3.05) is 6.61 Å². The molecule has 1 aliphatic rings. The average Bonchev–Trinajstić information content (AvgIpc) is 2.64. The molecule has 16 heavy (non-hydrogen) atoms. The van der Waals surface area contributed by atoms with E-state index in [9.17, 15) is 4.79 Å². The smallest absolute Gasteiger partial charge is 0.183 e. The van der Waals surface area contributed by atoms with Gasteiger partial charge >= 0.3 is 0 Å². The van der Waals surface area contributed by atoms with Gasteiger partial charge in [0.2, 0.25) is 0 Å². The molecule has 1 heterocycles. The van der Waals surface area contributed by atoms with Crippen LogP contribution in [0.2, 0.25) is 0 Å². The van der Waals surface area contributed by atoms with Crippen LogP contribution in [0.3, 0.4) is 0 Å². The lowest BCUT2D eigenvalue weighted by atomic mass is 10.0. The Balaban J connectivity index is 2.04. The lowest BCUT2D eigenvalue weighted by Gasteiger charge is -2.17. The summed E-state index contributed by atoms with van der Waals surface area (Å²) in [5, 5.41) is 2.95. The van der Waals surface area contributed by atoms with Crippen molar-refractivity contribution in [3.63, 3.8) is 0 Å². The Morgan fingerprint density at radius 1 is 1.44 bits per heavy atom. The topological polar surface area (TPSA) is 38.3 Å². The van der Waals surface area contributed by atoms with E-state index < -0.39 is 0 Å². The van der Waals surface area contributed by atoms with Crippen molar-refractivity contribution in [1.82, 2.24) is 5.32 Å². The molecule has 2 unspecified atom stereocenters. The number of carbonyl (C=O) groups is 1. The summed E-state index contributed by atoms with van der Waals surface area (Å²) in [6, 6.07) is 9.78. The fraction of sp³-hybridized carbons (Fsp3) is 0.308. The Kier molecular flexibility index (Phi) is 3.37. The molecular formula is C13H15NO2. The summed E-state index contributed by atoms with van der Waals surface area (Å²) in [4.78, 5) is 11.5. The van der Waals surface area contributed by atoms with E-state index in [4.69, 9.17) is 4.74 Å². The van der Waals surface area contributed by atoms with Gasteiger partial charge in [-0.1, -0.05) is 36.9 Å². The fourth-order valence-corrected chi connectivity index (χ4v) is 1.93. The monoisotopic (exact) mass is 217 g/mol. The van der Waals surface area contributed by atoms with Gasteiger partial charge in [-0.05, 0) is 11.8 Å². The van der Waals surface area contributed by atoms with Gasteiger partial charge in [-0.25, -0.2) is 0 Å². The highest BCUT2D eigenvalue weighted by atomic mass is 16.5. The standard InChI is InChI=1S/C13H15NO2/c1-2-14-13-11(15)9-16-12(13)8-10-6-4-3-5-7-10/h2-7,12-14H,1,8-9H2. The summed E-state index contributed by atoms with van der Waals surface area (Å²) < 4.78 is 5.47. The van der Waals surface area contributed by atoms with E-state index in [2.05, 4.69) is 11.9 Å². The summed E-state index contributed by atoms with van der Waals surface area (Å²) in [5.41, 5.74) is 1.18. The van der Waals surface area contributed by atoms with Crippen LogP contribution in [-0.2, 0) is 16.0 Å². The second-order valence-corrected chi connectivity index (χ2v) is 3.85. The normalized spacial score (nSPS) is 24.4. The lowest BCUT2D eigenvalue weighted by molar-refractivity contribution is -0.119. The molecular weight excluding hydrogens is 202 g/mol. The van der Waals surface area contributed by atoms with Crippen LogP contribution in [0.5, 0.6) is 0 Å². The summed E-state index contributed by atoms with van der Waals surface area (Å²) in [6.07, 6.45) is 2.21. The third kappa shape index (κ3) is 2.31. The molecule has 0 aromatic heterocycles. The van der Waals surface area contributed by atoms with Crippen LogP contribution in [0, 0.1) is 0 Å². The minimum absolute atomic E-state index is 0.0899. The highest BCUT2D eigenvalue weighted by Gasteiger charge is 2.34. The second-order valence-electron chi connectivity index (χ2n) is 3.85. The molecule has 84 valence electrons. The number of benzene rings is 1. The van der Waals surface area contributed by atoms with Gasteiger partial charge in [0.15, 0.2) is 5.78 Å². The number of ketones is 1. The van der Waals surface area contributed by atoms with Crippen molar-refractivity contribution < 1.29 is 9.53 Å². The van der Waals surface area contributed by atoms with Crippen molar-refractivity contribution in [1.29, 1.82) is 0 Å². The Labute approximate surface area is 95.1 Å². The number of hydrogen-bond donors (Lipinski definition) is 1. The predicted octanol–water partition coefficient (Wildman–Crippen LogP) is 1.30. The summed E-state index contributed by atoms with van der Waals surface area (Å²) in [6.45, 7) is 3.78. The molecule has 0 bridgehead atoms. The zero-order valence-electron chi connectivity index (χ0n) is 9.06. The molecule has 0 amide bonds. The van der Waals surface area contributed by atoms with Crippen LogP contribution in [0.4, 0.5) is 0 Å². The summed E-state index contributed by atoms with van der Waals surface area (Å²) in [7, 11) is 0. The van der Waals surface area contributed by atoms with Crippen LogP contribution < -0.4 is 5.32 Å². The number of ether oxygens (including phenoxy) is 1. The van der Waals surface area contributed by atoms with Crippen molar-refractivity contribution in [3.05, 3.63) is 48.7 Å². The molecule has 3 nitrogen and oxygen atoms in total. The number of Topliss-reactive ketones (excluding diaryl/α,β-unsaturated/α-hetero) is 1. The second kappa shape index (κ2) is 4.94. The molecule has 1 aromatic rings. The van der Waals surface area contributed by atoms with Crippen LogP contribution >= 0.6 is 0 Å². The molecule has 2 atom stereocenters. The van der Waals surface area contributed by atoms with E-state index in [1.807, 2.05) is 30.3 Å². The first-order chi connectivity index (χ1) is 7.81. The number of nitrogens with one attached hydrogen (secondary N) is 1. The molecule has 2 rings (SSSR count). The summed E-state index contributed by atoms with van der Waals surface area (Å²) >= 11 is 0. The zero-order chi connectivity index (χ0) is 11.4. The maximum atomic E-state index is 11.5. The SMILES string of the molecule is C=CNC1C(=O)COC1Cc1ccccc1. The number of carbonyl (C=O) groups excluding carboxylic acids is 1. The third-order valence-electron chi connectivity index (χ3n) is 2.74. The highest BCUT2D eigenvalue weighted by molar-refractivity contribution is 5.87. The molecule has 1 aliphatic heterocycles. The van der Waals surface area contributed by atoms with Crippen LogP contribution in [0.15, 0.2) is 43.1 Å². The van der Waals surface area contributed by atoms with Gasteiger partial charge in [-0.2, -0.15) is 0 Å². The quantitative estimate of drug-likeness (QED) is 0.826. The van der Waals surface area contributed by atoms with E-state index in [0.29, 0.717) is 0 Å². The van der Waals surface area contributed by atoms with E-state index in [-0.39, 0.29) is 24.5 Å². The van der Waals surface area contributed by atoms with Crippen molar-refractivity contribution in [2.24, 2.45) is 0 Å². The van der Waals surface area contributed by atoms with Gasteiger partial charge in [0.05, 0.1) is 6.10 Å². The first-order valence-corrected chi connectivity index (χ1v) is 5.36. The molecule has 0 spiro atoms. The Hall–Kier alpha value is -1.61. The fourth-order valence-electron chi connectivity index (χ4n) is 1.93. The van der Waals surface area contributed by atoms with Crippen LogP contribution in [-0.4, -0.2) is 24.5 Å². The first kappa shape index (κ1) is 10.9. The molecule has 0 saturated carbocycles. The largest absolute Gasteiger partial charge is 0.380 e. The molecule has 3 heteroatoms. The van der Waals surface area contributed by atoms with Crippen LogP contribution in [0.25, 0.3) is 0 Å². The predicted molar refractivity (Wildman–Crippen MR) is 62.0 cm³/mol. The van der Waals surface area contributed by atoms with Gasteiger partial charge in [-0.15, -0.1) is 0 Å². The Morgan fingerprint density at radius 3 is 2.88 bits per heavy atom. The maximum absolute atomic E-state index is 11.5. The van der Waals surface area contributed by atoms with Gasteiger partial charge in [-0.3, -0.25) is 4.79 Å². The van der Waals surface area contributed by atoms with E-state index in [0.717, 1.165) is 6.42 Å². The van der Waals surface area contributed by atoms with Crippen molar-refractivity contribution >= 4 is 5.78 Å². The van der Waals surface area contributed by atoms with E-state index in [1.165, 1.54) is 5.56 Å². The third-order valence-corrected chi connectivity index (χ3v) is 2.74. The number of hydrogen-bond acceptors (Lipinski definition) is 3. The highest BCUT2D eigenvalue weighted by Crippen LogP contribution is 2.16. The molecule has 0 aliphatic carbocycles. The van der Waals surface area contributed by atoms with Gasteiger partial charge in [0, 0.05) is 6.42 Å². The van der Waals surface area contributed by atoms with Gasteiger partial charge in [0.1, 0.15) is 12.6 Å². The van der Waals surface area contributed by atoms with E-state index in [1.54, 1.807) is 6.20 Å². The molecule has 1 N–H and O–H groups in total. The van der Waals surface area contributed by atoms with Gasteiger partial charge in [0.25, 0.3) is 0 Å². The molecule has 1 saturated heterocycles. The Bertz CT molecular complexity index is 375. The van der Waals surface area contributed by atoms with Gasteiger partial charge < -0.3 is 10.1 Å². The zero-order valence-corrected chi connectivity index (χ0v) is 9.06. The van der Waals surface area contributed by atoms with E-state index >= 15 is 0 Å². The summed E-state index contributed by atoms with van der Waals surface area (Å²) in [5.74, 6) is 0.0980. The minimum Gasteiger partial charge on any atom is -0.380 e. The lowest BCUT2D eigenvalue weighted by Crippen LogP contribution is -2.39. The molecule has 1 aromatic carbocycles. The molecule has 1 fully saturated rings. The minimum atomic E-state index is -0.252. The Morgan fingerprint density at radius 2 is 2.19 bits per heavy atom. The average molecular weight is 217 g/mol. The van der Waals surface area contributed by atoms with Crippen LogP contribution in [0.1, 0.15) is 5.56 Å². The first-order valence-electron chi connectivity index (χ1n) is 5.36. The molecule has 0 radical (unpaired) electrons. The maximum Gasteiger partial charge on any atom is 0.183 e.